The first-order valence-corrected chi connectivity index (χ1v) is 7.91. The van der Waals surface area contributed by atoms with E-state index in [1.54, 1.807) is 0 Å². The van der Waals surface area contributed by atoms with E-state index in [-0.39, 0.29) is 5.41 Å². The van der Waals surface area contributed by atoms with Crippen LogP contribution in [0.5, 0.6) is 0 Å². The number of piperazine rings is 1. The standard InChI is InChI=1S/C15H21BrN4/c1-15(2,3)14-18-13(16)11-5-4-6-12(20(11)14)19-9-7-17-8-10-19/h4-6,17H,7-10H2,1-3H3. The fourth-order valence-electron chi connectivity index (χ4n) is 2.73. The summed E-state index contributed by atoms with van der Waals surface area (Å²) in [7, 11) is 0. The molecule has 108 valence electrons. The van der Waals surface area contributed by atoms with Crippen molar-refractivity contribution in [1.82, 2.24) is 14.7 Å². The van der Waals surface area contributed by atoms with Gasteiger partial charge in [-0.2, -0.15) is 0 Å². The lowest BCUT2D eigenvalue weighted by molar-refractivity contribution is 0.535. The van der Waals surface area contributed by atoms with Gasteiger partial charge in [0.15, 0.2) is 0 Å². The van der Waals surface area contributed by atoms with Crippen molar-refractivity contribution in [3.05, 3.63) is 28.6 Å². The van der Waals surface area contributed by atoms with Crippen molar-refractivity contribution in [1.29, 1.82) is 0 Å². The van der Waals surface area contributed by atoms with E-state index in [1.165, 1.54) is 5.82 Å². The van der Waals surface area contributed by atoms with E-state index >= 15 is 0 Å². The minimum absolute atomic E-state index is 0.0130. The molecule has 0 unspecified atom stereocenters. The van der Waals surface area contributed by atoms with E-state index in [9.17, 15) is 0 Å². The molecule has 1 aliphatic rings. The third-order valence-corrected chi connectivity index (χ3v) is 4.29. The number of rotatable bonds is 1. The smallest absolute Gasteiger partial charge is 0.132 e. The molecule has 0 aliphatic carbocycles. The minimum Gasteiger partial charge on any atom is -0.355 e. The minimum atomic E-state index is 0.0130. The van der Waals surface area contributed by atoms with Crippen molar-refractivity contribution in [2.24, 2.45) is 0 Å². The van der Waals surface area contributed by atoms with Crippen molar-refractivity contribution in [2.45, 2.75) is 26.2 Å². The van der Waals surface area contributed by atoms with Crippen LogP contribution >= 0.6 is 15.9 Å². The SMILES string of the molecule is CC(C)(C)c1nc(Br)c2cccc(N3CCNCC3)n12. The van der Waals surface area contributed by atoms with Crippen molar-refractivity contribution in [2.75, 3.05) is 31.1 Å². The Kier molecular flexibility index (Phi) is 3.50. The van der Waals surface area contributed by atoms with Gasteiger partial charge in [0.1, 0.15) is 16.2 Å². The van der Waals surface area contributed by atoms with Gasteiger partial charge in [0.05, 0.1) is 5.52 Å². The quantitative estimate of drug-likeness (QED) is 0.869. The lowest BCUT2D eigenvalue weighted by atomic mass is 9.96. The monoisotopic (exact) mass is 336 g/mol. The average Bonchev–Trinajstić information content (AvgIpc) is 2.77. The fourth-order valence-corrected chi connectivity index (χ4v) is 3.20. The third kappa shape index (κ3) is 2.33. The van der Waals surface area contributed by atoms with Crippen LogP contribution < -0.4 is 10.2 Å². The summed E-state index contributed by atoms with van der Waals surface area (Å²) in [6.45, 7) is 10.8. The Balaban J connectivity index is 2.21. The zero-order valence-corrected chi connectivity index (χ0v) is 13.9. The number of pyridine rings is 1. The van der Waals surface area contributed by atoms with Crippen molar-refractivity contribution in [3.63, 3.8) is 0 Å². The number of nitrogens with zero attached hydrogens (tertiary/aromatic N) is 3. The van der Waals surface area contributed by atoms with Gasteiger partial charge in [-0.25, -0.2) is 4.98 Å². The van der Waals surface area contributed by atoms with E-state index in [0.29, 0.717) is 0 Å². The molecule has 20 heavy (non-hydrogen) atoms. The van der Waals surface area contributed by atoms with Crippen LogP contribution in [0.25, 0.3) is 5.52 Å². The molecule has 5 heteroatoms. The molecule has 0 bridgehead atoms. The lowest BCUT2D eigenvalue weighted by Gasteiger charge is -2.31. The maximum Gasteiger partial charge on any atom is 0.132 e. The van der Waals surface area contributed by atoms with Crippen LogP contribution in [0.1, 0.15) is 26.6 Å². The second kappa shape index (κ2) is 5.04. The summed E-state index contributed by atoms with van der Waals surface area (Å²) in [5.74, 6) is 2.35. The summed E-state index contributed by atoms with van der Waals surface area (Å²) in [4.78, 5) is 7.19. The van der Waals surface area contributed by atoms with Crippen LogP contribution in [0.2, 0.25) is 0 Å². The number of imidazole rings is 1. The first kappa shape index (κ1) is 13.9. The zero-order valence-electron chi connectivity index (χ0n) is 12.3. The van der Waals surface area contributed by atoms with Gasteiger partial charge in [-0.1, -0.05) is 26.8 Å². The maximum atomic E-state index is 4.75. The summed E-state index contributed by atoms with van der Waals surface area (Å²) in [6, 6.07) is 6.44. The molecule has 0 aromatic carbocycles. The Morgan fingerprint density at radius 2 is 1.90 bits per heavy atom. The number of fused-ring (bicyclic) bond motifs is 1. The summed E-state index contributed by atoms with van der Waals surface area (Å²) in [5.41, 5.74) is 1.16. The third-order valence-electron chi connectivity index (χ3n) is 3.71. The molecule has 3 rings (SSSR count). The Morgan fingerprint density at radius 1 is 1.20 bits per heavy atom. The van der Waals surface area contributed by atoms with Crippen molar-refractivity contribution >= 4 is 27.3 Å². The van der Waals surface area contributed by atoms with E-state index in [4.69, 9.17) is 4.98 Å². The Hall–Kier alpha value is -1.07. The molecule has 4 nitrogen and oxygen atoms in total. The predicted octanol–water partition coefficient (Wildman–Crippen LogP) is 2.80. The average molecular weight is 337 g/mol. The Labute approximate surface area is 128 Å². The number of hydrogen-bond donors (Lipinski definition) is 1. The van der Waals surface area contributed by atoms with Crippen LogP contribution in [-0.4, -0.2) is 35.6 Å². The molecule has 1 fully saturated rings. The van der Waals surface area contributed by atoms with Gasteiger partial charge < -0.3 is 10.2 Å². The molecule has 0 amide bonds. The fraction of sp³-hybridized carbons (Fsp3) is 0.533. The highest BCUT2D eigenvalue weighted by Crippen LogP contribution is 2.31. The second-order valence-electron chi connectivity index (χ2n) is 6.32. The van der Waals surface area contributed by atoms with E-state index in [0.717, 1.165) is 42.1 Å². The van der Waals surface area contributed by atoms with Gasteiger partial charge in [0.25, 0.3) is 0 Å². The molecular weight excluding hydrogens is 316 g/mol. The topological polar surface area (TPSA) is 32.6 Å². The summed E-state index contributed by atoms with van der Waals surface area (Å²) in [5, 5.41) is 3.41. The maximum absolute atomic E-state index is 4.75. The van der Waals surface area contributed by atoms with E-state index < -0.39 is 0 Å². The van der Waals surface area contributed by atoms with Crippen LogP contribution in [0.15, 0.2) is 22.8 Å². The predicted molar refractivity (Wildman–Crippen MR) is 86.7 cm³/mol. The number of hydrogen-bond acceptors (Lipinski definition) is 3. The molecule has 2 aromatic rings. The summed E-state index contributed by atoms with van der Waals surface area (Å²) >= 11 is 3.61. The van der Waals surface area contributed by atoms with Gasteiger partial charge >= 0.3 is 0 Å². The molecule has 1 N–H and O–H groups in total. The molecule has 1 aliphatic heterocycles. The second-order valence-corrected chi connectivity index (χ2v) is 7.07. The lowest BCUT2D eigenvalue weighted by Crippen LogP contribution is -2.44. The summed E-state index contributed by atoms with van der Waals surface area (Å²) < 4.78 is 3.23. The van der Waals surface area contributed by atoms with Crippen molar-refractivity contribution < 1.29 is 0 Å². The molecular formula is C15H21BrN4. The number of anilines is 1. The van der Waals surface area contributed by atoms with E-state index in [2.05, 4.69) is 69.5 Å². The van der Waals surface area contributed by atoms with Crippen LogP contribution in [0.3, 0.4) is 0 Å². The molecule has 0 atom stereocenters. The molecule has 0 radical (unpaired) electrons. The molecule has 3 heterocycles. The highest BCUT2D eigenvalue weighted by atomic mass is 79.9. The van der Waals surface area contributed by atoms with Crippen LogP contribution in [-0.2, 0) is 5.41 Å². The number of aromatic nitrogens is 2. The number of halogens is 1. The van der Waals surface area contributed by atoms with Crippen LogP contribution in [0, 0.1) is 0 Å². The number of nitrogens with one attached hydrogen (secondary N) is 1. The Morgan fingerprint density at radius 3 is 2.55 bits per heavy atom. The summed E-state index contributed by atoms with van der Waals surface area (Å²) in [6.07, 6.45) is 0. The normalized spacial score (nSPS) is 16.9. The molecule has 2 aromatic heterocycles. The first-order valence-electron chi connectivity index (χ1n) is 7.11. The zero-order chi connectivity index (χ0) is 14.3. The van der Waals surface area contributed by atoms with Crippen molar-refractivity contribution in [3.8, 4) is 0 Å². The molecule has 0 saturated carbocycles. The van der Waals surface area contributed by atoms with Crippen LogP contribution in [0.4, 0.5) is 5.82 Å². The van der Waals surface area contributed by atoms with E-state index in [1.807, 2.05) is 0 Å². The first-order chi connectivity index (χ1) is 9.48. The highest BCUT2D eigenvalue weighted by Gasteiger charge is 2.25. The van der Waals surface area contributed by atoms with Gasteiger partial charge in [0, 0.05) is 31.6 Å². The van der Waals surface area contributed by atoms with Gasteiger partial charge in [0.2, 0.25) is 0 Å². The molecule has 1 saturated heterocycles. The largest absolute Gasteiger partial charge is 0.355 e. The molecule has 0 spiro atoms. The van der Waals surface area contributed by atoms with Gasteiger partial charge in [-0.05, 0) is 28.1 Å². The van der Waals surface area contributed by atoms with Gasteiger partial charge in [-0.15, -0.1) is 0 Å². The Bertz CT molecular complexity index is 621. The van der Waals surface area contributed by atoms with Gasteiger partial charge in [-0.3, -0.25) is 4.40 Å². The highest BCUT2D eigenvalue weighted by molar-refractivity contribution is 9.10.